The van der Waals surface area contributed by atoms with E-state index in [2.05, 4.69) is 10.6 Å². The summed E-state index contributed by atoms with van der Waals surface area (Å²) in [6, 6.07) is 8.60. The highest BCUT2D eigenvalue weighted by Gasteiger charge is 2.26. The van der Waals surface area contributed by atoms with Crippen LogP contribution in [-0.4, -0.2) is 12.0 Å². The van der Waals surface area contributed by atoms with Crippen LogP contribution < -0.4 is 10.6 Å². The van der Waals surface area contributed by atoms with E-state index >= 15 is 0 Å². The van der Waals surface area contributed by atoms with E-state index in [1.807, 2.05) is 20.8 Å². The summed E-state index contributed by atoms with van der Waals surface area (Å²) in [6.07, 6.45) is 0. The number of rotatable bonds is 4. The number of hydrogen-bond acceptors (Lipinski definition) is 4. The van der Waals surface area contributed by atoms with Crippen molar-refractivity contribution in [2.75, 3.05) is 5.32 Å². The molecule has 2 heterocycles. The molecule has 0 bridgehead atoms. The predicted molar refractivity (Wildman–Crippen MR) is 106 cm³/mol. The summed E-state index contributed by atoms with van der Waals surface area (Å²) in [4.78, 5) is 24.3. The Morgan fingerprint density at radius 1 is 1.17 bits per heavy atom. The van der Waals surface area contributed by atoms with Crippen molar-refractivity contribution in [2.24, 2.45) is 5.92 Å². The zero-order valence-electron chi connectivity index (χ0n) is 16.3. The molecule has 2 aromatic carbocycles. The molecule has 0 fully saturated rings. The molecule has 2 N–H and O–H groups in total. The fourth-order valence-electron chi connectivity index (χ4n) is 3.54. The Kier molecular flexibility index (Phi) is 4.74. The minimum absolute atomic E-state index is 0.0276. The zero-order valence-corrected chi connectivity index (χ0v) is 16.3. The van der Waals surface area contributed by atoms with Gasteiger partial charge in [-0.2, -0.15) is 0 Å². The molecule has 0 radical (unpaired) electrons. The second-order valence-electron chi connectivity index (χ2n) is 7.50. The smallest absolute Gasteiger partial charge is 0.338 e. The molecule has 0 spiro atoms. The number of cyclic esters (lactones) is 1. The molecular formula is C22H21FN2O4. The van der Waals surface area contributed by atoms with Crippen LogP contribution in [-0.2, 0) is 11.3 Å². The number of esters is 1. The van der Waals surface area contributed by atoms with Crippen molar-refractivity contribution < 1.29 is 23.1 Å². The van der Waals surface area contributed by atoms with E-state index in [1.165, 1.54) is 12.1 Å². The molecule has 1 atom stereocenters. The Balaban J connectivity index is 1.56. The van der Waals surface area contributed by atoms with Crippen molar-refractivity contribution >= 4 is 28.7 Å². The maximum absolute atomic E-state index is 13.6. The summed E-state index contributed by atoms with van der Waals surface area (Å²) in [5, 5.41) is 6.36. The first-order valence-corrected chi connectivity index (χ1v) is 9.39. The van der Waals surface area contributed by atoms with Gasteiger partial charge in [-0.1, -0.05) is 19.9 Å². The van der Waals surface area contributed by atoms with Gasteiger partial charge in [0.05, 0.1) is 11.6 Å². The number of ether oxygens (including phenoxy) is 1. The number of benzene rings is 2. The molecule has 7 heteroatoms. The van der Waals surface area contributed by atoms with Gasteiger partial charge in [0.15, 0.2) is 0 Å². The number of aryl methyl sites for hydroxylation is 1. The van der Waals surface area contributed by atoms with Crippen molar-refractivity contribution in [3.63, 3.8) is 0 Å². The number of carbonyl (C=O) groups excluding carboxylic acids is 2. The first-order chi connectivity index (χ1) is 13.8. The first-order valence-electron chi connectivity index (χ1n) is 9.39. The molecule has 1 aliphatic rings. The first kappa shape index (κ1) is 19.0. The van der Waals surface area contributed by atoms with E-state index < -0.39 is 18.0 Å². The Bertz CT molecular complexity index is 1120. The summed E-state index contributed by atoms with van der Waals surface area (Å²) in [5.74, 6) is -0.114. The average Bonchev–Trinajstić information content (AvgIpc) is 3.20. The molecule has 1 unspecified atom stereocenters. The van der Waals surface area contributed by atoms with E-state index in [-0.39, 0.29) is 18.3 Å². The van der Waals surface area contributed by atoms with Crippen molar-refractivity contribution in [1.82, 2.24) is 5.32 Å². The Morgan fingerprint density at radius 2 is 1.97 bits per heavy atom. The summed E-state index contributed by atoms with van der Waals surface area (Å²) in [5.41, 5.74) is 3.11. The van der Waals surface area contributed by atoms with Crippen molar-refractivity contribution in [3.8, 4) is 0 Å². The topological polar surface area (TPSA) is 80.6 Å². The van der Waals surface area contributed by atoms with Crippen LogP contribution in [0.3, 0.4) is 0 Å². The number of urea groups is 1. The van der Waals surface area contributed by atoms with Gasteiger partial charge in [0.25, 0.3) is 0 Å². The van der Waals surface area contributed by atoms with Crippen LogP contribution in [0.2, 0.25) is 0 Å². The van der Waals surface area contributed by atoms with Gasteiger partial charge in [-0.05, 0) is 43.2 Å². The van der Waals surface area contributed by atoms with Gasteiger partial charge < -0.3 is 19.8 Å². The highest BCUT2D eigenvalue weighted by molar-refractivity contribution is 5.96. The number of amides is 2. The molecule has 0 aliphatic carbocycles. The third-order valence-electron chi connectivity index (χ3n) is 5.12. The van der Waals surface area contributed by atoms with Crippen molar-refractivity contribution in [3.05, 3.63) is 64.7 Å². The van der Waals surface area contributed by atoms with Crippen LogP contribution in [0.4, 0.5) is 14.9 Å². The molecule has 6 nitrogen and oxygen atoms in total. The molecule has 0 saturated carbocycles. The molecule has 150 valence electrons. The van der Waals surface area contributed by atoms with Gasteiger partial charge in [-0.3, -0.25) is 0 Å². The number of halogens is 1. The van der Waals surface area contributed by atoms with Crippen molar-refractivity contribution in [1.29, 1.82) is 0 Å². The van der Waals surface area contributed by atoms with Crippen LogP contribution in [0.5, 0.6) is 0 Å². The second-order valence-corrected chi connectivity index (χ2v) is 7.50. The Labute approximate surface area is 167 Å². The van der Waals surface area contributed by atoms with Crippen molar-refractivity contribution in [2.45, 2.75) is 33.4 Å². The van der Waals surface area contributed by atoms with Gasteiger partial charge in [-0.15, -0.1) is 0 Å². The lowest BCUT2D eigenvalue weighted by Gasteiger charge is -2.21. The third-order valence-corrected chi connectivity index (χ3v) is 5.12. The van der Waals surface area contributed by atoms with Crippen LogP contribution in [0.15, 0.2) is 40.8 Å². The number of hydrogen-bond donors (Lipinski definition) is 2. The number of nitrogens with one attached hydrogen (secondary N) is 2. The second kappa shape index (κ2) is 7.24. The van der Waals surface area contributed by atoms with Gasteiger partial charge in [0, 0.05) is 22.2 Å². The van der Waals surface area contributed by atoms with Crippen LogP contribution >= 0.6 is 0 Å². The summed E-state index contributed by atoms with van der Waals surface area (Å²) in [7, 11) is 0. The number of anilines is 1. The Morgan fingerprint density at radius 3 is 2.72 bits per heavy atom. The molecule has 4 rings (SSSR count). The molecule has 29 heavy (non-hydrogen) atoms. The Hall–Kier alpha value is -3.35. The van der Waals surface area contributed by atoms with Crippen LogP contribution in [0, 0.1) is 18.7 Å². The minimum Gasteiger partial charge on any atom is -0.459 e. The number of carbonyl (C=O) groups is 2. The fraction of sp³-hybridized carbons (Fsp3) is 0.273. The van der Waals surface area contributed by atoms with E-state index in [1.54, 1.807) is 24.3 Å². The quantitative estimate of drug-likeness (QED) is 0.604. The van der Waals surface area contributed by atoms with E-state index in [0.717, 1.165) is 11.1 Å². The molecule has 0 saturated heterocycles. The number of fused-ring (bicyclic) bond motifs is 2. The van der Waals surface area contributed by atoms with Gasteiger partial charge >= 0.3 is 12.0 Å². The van der Waals surface area contributed by atoms with Gasteiger partial charge in [0.2, 0.25) is 0 Å². The monoisotopic (exact) mass is 396 g/mol. The largest absolute Gasteiger partial charge is 0.459 e. The predicted octanol–water partition coefficient (Wildman–Crippen LogP) is 5.07. The lowest BCUT2D eigenvalue weighted by molar-refractivity contribution is 0.0535. The highest BCUT2D eigenvalue weighted by Crippen LogP contribution is 2.33. The van der Waals surface area contributed by atoms with E-state index in [9.17, 15) is 14.0 Å². The zero-order chi connectivity index (χ0) is 20.7. The maximum Gasteiger partial charge on any atom is 0.338 e. The average molecular weight is 396 g/mol. The van der Waals surface area contributed by atoms with E-state index in [4.69, 9.17) is 9.15 Å². The lowest BCUT2D eigenvalue weighted by atomic mass is 9.98. The van der Waals surface area contributed by atoms with Gasteiger partial charge in [-0.25, -0.2) is 14.0 Å². The maximum atomic E-state index is 13.6. The minimum atomic E-state index is -0.430. The highest BCUT2D eigenvalue weighted by atomic mass is 19.1. The van der Waals surface area contributed by atoms with Crippen LogP contribution in [0.25, 0.3) is 11.0 Å². The molecule has 2 amide bonds. The normalized spacial score (nSPS) is 14.0. The third kappa shape index (κ3) is 3.55. The fourth-order valence-corrected chi connectivity index (χ4v) is 3.54. The molecule has 3 aromatic rings. The summed E-state index contributed by atoms with van der Waals surface area (Å²) >= 11 is 0. The van der Waals surface area contributed by atoms with Crippen LogP contribution in [0.1, 0.15) is 47.1 Å². The molecular weight excluding hydrogens is 375 g/mol. The SMILES string of the molecule is Cc1c(C(NC(=O)Nc2ccc3c(c2)C(=O)OC3)C(C)C)oc2ccc(F)cc12. The lowest BCUT2D eigenvalue weighted by Crippen LogP contribution is -2.35. The van der Waals surface area contributed by atoms with E-state index in [0.29, 0.717) is 28.0 Å². The summed E-state index contributed by atoms with van der Waals surface area (Å²) < 4.78 is 24.5. The standard InChI is InChI=1S/C22H21FN2O4/c1-11(2)19(20-12(3)16-8-14(23)5-7-18(16)29-20)25-22(27)24-15-6-4-13-10-28-21(26)17(13)9-15/h4-9,11,19H,10H2,1-3H3,(H2,24,25,27). The summed E-state index contributed by atoms with van der Waals surface area (Å²) in [6.45, 7) is 6.02. The van der Waals surface area contributed by atoms with Gasteiger partial charge in [0.1, 0.15) is 23.8 Å². The molecule has 1 aliphatic heterocycles. The number of furan rings is 1. The molecule has 1 aromatic heterocycles.